The first kappa shape index (κ1) is 14.2. The second-order valence-electron chi connectivity index (χ2n) is 5.42. The molecule has 0 aliphatic carbocycles. The number of aliphatic imine (C=N–C) groups is 1. The Kier molecular flexibility index (Phi) is 3.76. The minimum atomic E-state index is -0.882. The van der Waals surface area contributed by atoms with Gasteiger partial charge in [-0.15, -0.1) is 0 Å². The van der Waals surface area contributed by atoms with Gasteiger partial charge in [-0.05, 0) is 18.9 Å². The number of carboxylic acids is 1. The molecule has 2 unspecified atom stereocenters. The van der Waals surface area contributed by atoms with Crippen LogP contribution in [0.25, 0.3) is 0 Å². The van der Waals surface area contributed by atoms with Crippen molar-refractivity contribution in [2.24, 2.45) is 4.99 Å². The minimum Gasteiger partial charge on any atom is -0.478 e. The van der Waals surface area contributed by atoms with Crippen LogP contribution in [0.3, 0.4) is 0 Å². The summed E-state index contributed by atoms with van der Waals surface area (Å²) in [6, 6.07) is 9.60. The maximum Gasteiger partial charge on any atom is 0.335 e. The van der Waals surface area contributed by atoms with Crippen LogP contribution < -0.4 is 0 Å². The molecule has 2 atom stereocenters. The highest BCUT2D eigenvalue weighted by Gasteiger charge is 2.38. The summed E-state index contributed by atoms with van der Waals surface area (Å²) in [5, 5.41) is 11.1. The summed E-state index contributed by atoms with van der Waals surface area (Å²) >= 11 is 1.74. The van der Waals surface area contributed by atoms with Gasteiger partial charge in [-0.25, -0.2) is 9.79 Å². The van der Waals surface area contributed by atoms with Crippen LogP contribution >= 0.6 is 11.8 Å². The molecule has 1 aromatic carbocycles. The van der Waals surface area contributed by atoms with E-state index in [4.69, 9.17) is 0 Å². The molecule has 5 heteroatoms. The third-order valence-corrected chi connectivity index (χ3v) is 5.09. The fourth-order valence-corrected chi connectivity index (χ4v) is 3.97. The SMILES string of the molecule is CC1=C(C(=O)O)C(c2ccccc2)N2CCC(C)SC2=N1. The number of rotatable bonds is 2. The van der Waals surface area contributed by atoms with Crippen molar-refractivity contribution in [1.82, 2.24) is 4.90 Å². The van der Waals surface area contributed by atoms with Crippen LogP contribution in [0.1, 0.15) is 31.9 Å². The van der Waals surface area contributed by atoms with E-state index in [9.17, 15) is 9.90 Å². The third kappa shape index (κ3) is 2.58. The fraction of sp³-hybridized carbons (Fsp3) is 0.375. The number of amidine groups is 1. The highest BCUT2D eigenvalue weighted by Crippen LogP contribution is 2.40. The molecule has 2 heterocycles. The van der Waals surface area contributed by atoms with Crippen molar-refractivity contribution >= 4 is 22.9 Å². The molecule has 1 aromatic rings. The summed E-state index contributed by atoms with van der Waals surface area (Å²) in [7, 11) is 0. The van der Waals surface area contributed by atoms with E-state index in [1.165, 1.54) is 0 Å². The fourth-order valence-electron chi connectivity index (χ4n) is 2.86. The van der Waals surface area contributed by atoms with Gasteiger partial charge in [-0.3, -0.25) is 0 Å². The number of carboxylic acid groups (broad SMARTS) is 1. The Morgan fingerprint density at radius 2 is 2.10 bits per heavy atom. The van der Waals surface area contributed by atoms with Crippen molar-refractivity contribution in [3.05, 3.63) is 47.2 Å². The number of hydrogen-bond acceptors (Lipinski definition) is 4. The standard InChI is InChI=1S/C16H18N2O2S/c1-10-8-9-18-14(12-6-4-3-5-7-12)13(15(19)20)11(2)17-16(18)21-10/h3-7,10,14H,8-9H2,1-2H3,(H,19,20). The normalized spacial score (nSPS) is 25.4. The molecule has 0 aromatic heterocycles. The van der Waals surface area contributed by atoms with Crippen LogP contribution in [0.4, 0.5) is 0 Å². The molecule has 0 amide bonds. The first-order valence-corrected chi connectivity index (χ1v) is 7.97. The van der Waals surface area contributed by atoms with Crippen LogP contribution in [-0.2, 0) is 4.79 Å². The van der Waals surface area contributed by atoms with E-state index < -0.39 is 5.97 Å². The Balaban J connectivity index is 2.10. The number of hydrogen-bond donors (Lipinski definition) is 1. The summed E-state index contributed by atoms with van der Waals surface area (Å²) in [4.78, 5) is 18.4. The highest BCUT2D eigenvalue weighted by atomic mass is 32.2. The average molecular weight is 302 g/mol. The quantitative estimate of drug-likeness (QED) is 0.911. The van der Waals surface area contributed by atoms with E-state index in [0.29, 0.717) is 16.5 Å². The molecular formula is C16H18N2O2S. The van der Waals surface area contributed by atoms with Gasteiger partial charge in [0, 0.05) is 11.8 Å². The molecular weight excluding hydrogens is 284 g/mol. The zero-order chi connectivity index (χ0) is 15.0. The first-order valence-electron chi connectivity index (χ1n) is 7.09. The van der Waals surface area contributed by atoms with Crippen molar-refractivity contribution < 1.29 is 9.90 Å². The average Bonchev–Trinajstić information content (AvgIpc) is 2.46. The second-order valence-corrected chi connectivity index (χ2v) is 6.83. The molecule has 1 fully saturated rings. The van der Waals surface area contributed by atoms with E-state index in [2.05, 4.69) is 16.8 Å². The number of allylic oxidation sites excluding steroid dienone is 1. The highest BCUT2D eigenvalue weighted by molar-refractivity contribution is 8.14. The molecule has 21 heavy (non-hydrogen) atoms. The molecule has 0 bridgehead atoms. The zero-order valence-electron chi connectivity index (χ0n) is 12.1. The summed E-state index contributed by atoms with van der Waals surface area (Å²) in [6.07, 6.45) is 1.04. The van der Waals surface area contributed by atoms with Crippen LogP contribution in [0.2, 0.25) is 0 Å². The molecule has 2 aliphatic heterocycles. The molecule has 1 saturated heterocycles. The molecule has 0 saturated carbocycles. The lowest BCUT2D eigenvalue weighted by Gasteiger charge is -2.41. The number of aliphatic carboxylic acids is 1. The number of carbonyl (C=O) groups is 1. The molecule has 1 N–H and O–H groups in total. The lowest BCUT2D eigenvalue weighted by atomic mass is 9.94. The molecule has 0 radical (unpaired) electrons. The number of fused-ring (bicyclic) bond motifs is 1. The lowest BCUT2D eigenvalue weighted by molar-refractivity contribution is -0.133. The van der Waals surface area contributed by atoms with Crippen LogP contribution in [0.15, 0.2) is 46.6 Å². The van der Waals surface area contributed by atoms with Crippen LogP contribution in [0, 0.1) is 0 Å². The topological polar surface area (TPSA) is 52.9 Å². The molecule has 0 spiro atoms. The first-order chi connectivity index (χ1) is 10.1. The smallest absolute Gasteiger partial charge is 0.335 e. The molecule has 4 nitrogen and oxygen atoms in total. The predicted molar refractivity (Wildman–Crippen MR) is 85.3 cm³/mol. The lowest BCUT2D eigenvalue weighted by Crippen LogP contribution is -2.43. The van der Waals surface area contributed by atoms with Crippen LogP contribution in [0.5, 0.6) is 0 Å². The number of nitrogens with zero attached hydrogens (tertiary/aromatic N) is 2. The number of thioether (sulfide) groups is 1. The van der Waals surface area contributed by atoms with Crippen molar-refractivity contribution in [3.8, 4) is 0 Å². The molecule has 3 rings (SSSR count). The van der Waals surface area contributed by atoms with Gasteiger partial charge in [-0.1, -0.05) is 49.0 Å². The predicted octanol–water partition coefficient (Wildman–Crippen LogP) is 3.28. The van der Waals surface area contributed by atoms with Crippen molar-refractivity contribution in [2.75, 3.05) is 6.54 Å². The van der Waals surface area contributed by atoms with Gasteiger partial charge in [0.15, 0.2) is 5.17 Å². The van der Waals surface area contributed by atoms with Gasteiger partial charge in [0.05, 0.1) is 17.3 Å². The summed E-state index contributed by atoms with van der Waals surface area (Å²) in [5.41, 5.74) is 2.01. The van der Waals surface area contributed by atoms with E-state index >= 15 is 0 Å². The Morgan fingerprint density at radius 1 is 1.38 bits per heavy atom. The van der Waals surface area contributed by atoms with Gasteiger partial charge >= 0.3 is 5.97 Å². The Hall–Kier alpha value is -1.75. The second kappa shape index (κ2) is 5.56. The number of benzene rings is 1. The summed E-state index contributed by atoms with van der Waals surface area (Å²) in [5.74, 6) is -0.882. The van der Waals surface area contributed by atoms with Gasteiger partial charge in [0.1, 0.15) is 0 Å². The van der Waals surface area contributed by atoms with E-state index in [1.54, 1.807) is 18.7 Å². The van der Waals surface area contributed by atoms with Crippen LogP contribution in [-0.4, -0.2) is 32.9 Å². The monoisotopic (exact) mass is 302 g/mol. The summed E-state index contributed by atoms with van der Waals surface area (Å²) < 4.78 is 0. The van der Waals surface area contributed by atoms with Gasteiger partial charge in [-0.2, -0.15) is 0 Å². The Morgan fingerprint density at radius 3 is 2.76 bits per heavy atom. The molecule has 2 aliphatic rings. The van der Waals surface area contributed by atoms with E-state index in [-0.39, 0.29) is 6.04 Å². The Bertz CT molecular complexity index is 624. The van der Waals surface area contributed by atoms with Gasteiger partial charge in [0.25, 0.3) is 0 Å². The van der Waals surface area contributed by atoms with E-state index in [1.807, 2.05) is 30.3 Å². The van der Waals surface area contributed by atoms with Gasteiger partial charge in [0.2, 0.25) is 0 Å². The zero-order valence-corrected chi connectivity index (χ0v) is 12.9. The van der Waals surface area contributed by atoms with E-state index in [0.717, 1.165) is 23.7 Å². The maximum atomic E-state index is 11.7. The summed E-state index contributed by atoms with van der Waals surface area (Å²) in [6.45, 7) is 4.83. The van der Waals surface area contributed by atoms with Crippen molar-refractivity contribution in [1.29, 1.82) is 0 Å². The molecule has 110 valence electrons. The van der Waals surface area contributed by atoms with Crippen molar-refractivity contribution in [3.63, 3.8) is 0 Å². The van der Waals surface area contributed by atoms with Crippen molar-refractivity contribution in [2.45, 2.75) is 31.6 Å². The maximum absolute atomic E-state index is 11.7. The van der Waals surface area contributed by atoms with Gasteiger partial charge < -0.3 is 10.0 Å². The third-order valence-electron chi connectivity index (χ3n) is 3.91. The largest absolute Gasteiger partial charge is 0.478 e. The minimum absolute atomic E-state index is 0.240. The Labute approximate surface area is 128 Å².